The van der Waals surface area contributed by atoms with Crippen molar-refractivity contribution in [2.75, 3.05) is 0 Å². The average Bonchev–Trinajstić information content (AvgIpc) is 2.09. The maximum atomic E-state index is 11.1. The predicted octanol–water partition coefficient (Wildman–Crippen LogP) is 2.83. The van der Waals surface area contributed by atoms with Gasteiger partial charge in [0.05, 0.1) is 11.6 Å². The maximum absolute atomic E-state index is 11.1. The molecule has 0 N–H and O–H groups in total. The van der Waals surface area contributed by atoms with Gasteiger partial charge in [-0.05, 0) is 47.5 Å². The number of Topliss-reactive ketones (excluding diaryl/α,β-unsaturated/α-hetero) is 1. The molecule has 66 valence electrons. The lowest BCUT2D eigenvalue weighted by molar-refractivity contribution is 0.101. The highest BCUT2D eigenvalue weighted by molar-refractivity contribution is 9.10. The Labute approximate surface area is 85.3 Å². The molecule has 13 heavy (non-hydrogen) atoms. The van der Waals surface area contributed by atoms with Crippen LogP contribution in [0.2, 0.25) is 0 Å². The van der Waals surface area contributed by atoms with E-state index in [0.717, 1.165) is 10.0 Å². The van der Waals surface area contributed by atoms with Gasteiger partial charge in [-0.3, -0.25) is 4.79 Å². The largest absolute Gasteiger partial charge is 0.294 e. The molecule has 0 radical (unpaired) electrons. The summed E-state index contributed by atoms with van der Waals surface area (Å²) in [6.07, 6.45) is 0. The SMILES string of the molecule is CC(=O)c1cc(C#N)cc(C)c1Br. The Kier molecular flexibility index (Phi) is 2.84. The smallest absolute Gasteiger partial charge is 0.160 e. The fraction of sp³-hybridized carbons (Fsp3) is 0.200. The molecule has 0 atom stereocenters. The summed E-state index contributed by atoms with van der Waals surface area (Å²) in [7, 11) is 0. The van der Waals surface area contributed by atoms with E-state index in [1.807, 2.05) is 13.0 Å². The number of halogens is 1. The summed E-state index contributed by atoms with van der Waals surface area (Å²) in [5.74, 6) is -0.0351. The van der Waals surface area contributed by atoms with Crippen LogP contribution in [-0.4, -0.2) is 5.78 Å². The highest BCUT2D eigenvalue weighted by Crippen LogP contribution is 2.23. The maximum Gasteiger partial charge on any atom is 0.160 e. The van der Waals surface area contributed by atoms with Gasteiger partial charge in [0, 0.05) is 10.0 Å². The first-order valence-electron chi connectivity index (χ1n) is 3.77. The number of hydrogen-bond donors (Lipinski definition) is 0. The Bertz CT molecular complexity index is 404. The third-order valence-corrected chi connectivity index (χ3v) is 2.82. The molecule has 2 nitrogen and oxygen atoms in total. The van der Waals surface area contributed by atoms with E-state index in [0.29, 0.717) is 11.1 Å². The third kappa shape index (κ3) is 1.96. The molecule has 0 saturated carbocycles. The Morgan fingerprint density at radius 1 is 1.54 bits per heavy atom. The number of aryl methyl sites for hydroxylation is 1. The molecule has 0 aromatic heterocycles. The van der Waals surface area contributed by atoms with E-state index in [4.69, 9.17) is 5.26 Å². The van der Waals surface area contributed by atoms with Crippen LogP contribution in [0.25, 0.3) is 0 Å². The lowest BCUT2D eigenvalue weighted by atomic mass is 10.0. The quantitative estimate of drug-likeness (QED) is 0.706. The van der Waals surface area contributed by atoms with Crippen molar-refractivity contribution in [2.45, 2.75) is 13.8 Å². The topological polar surface area (TPSA) is 40.9 Å². The van der Waals surface area contributed by atoms with Crippen molar-refractivity contribution in [3.8, 4) is 6.07 Å². The molecule has 0 fully saturated rings. The Hall–Kier alpha value is -1.14. The van der Waals surface area contributed by atoms with Crippen molar-refractivity contribution in [2.24, 2.45) is 0 Å². The fourth-order valence-electron chi connectivity index (χ4n) is 1.09. The number of rotatable bonds is 1. The van der Waals surface area contributed by atoms with Crippen LogP contribution in [0.15, 0.2) is 16.6 Å². The number of benzene rings is 1. The zero-order chi connectivity index (χ0) is 10.0. The molecular formula is C10H8BrNO. The minimum Gasteiger partial charge on any atom is -0.294 e. The number of nitriles is 1. The zero-order valence-electron chi connectivity index (χ0n) is 7.39. The van der Waals surface area contributed by atoms with Gasteiger partial charge in [-0.2, -0.15) is 5.26 Å². The molecule has 0 heterocycles. The van der Waals surface area contributed by atoms with Crippen molar-refractivity contribution in [3.05, 3.63) is 33.3 Å². The van der Waals surface area contributed by atoms with E-state index in [9.17, 15) is 4.79 Å². The normalized spacial score (nSPS) is 9.38. The first-order chi connectivity index (χ1) is 6.06. The Morgan fingerprint density at radius 2 is 2.15 bits per heavy atom. The van der Waals surface area contributed by atoms with Crippen LogP contribution in [0, 0.1) is 18.3 Å². The highest BCUT2D eigenvalue weighted by Gasteiger charge is 2.08. The predicted molar refractivity (Wildman–Crippen MR) is 53.6 cm³/mol. The molecule has 1 rings (SSSR count). The standard InChI is InChI=1S/C10H8BrNO/c1-6-3-8(5-12)4-9(7(2)13)10(6)11/h3-4H,1-2H3. The first kappa shape index (κ1) is 9.94. The van der Waals surface area contributed by atoms with Crippen molar-refractivity contribution in [1.29, 1.82) is 5.26 Å². The fourth-order valence-corrected chi connectivity index (χ4v) is 1.60. The molecule has 0 bridgehead atoms. The average molecular weight is 238 g/mol. The summed E-state index contributed by atoms with van der Waals surface area (Å²) in [5, 5.41) is 8.68. The van der Waals surface area contributed by atoms with Crippen LogP contribution < -0.4 is 0 Å². The van der Waals surface area contributed by atoms with Crippen LogP contribution in [-0.2, 0) is 0 Å². The molecule has 0 spiro atoms. The van der Waals surface area contributed by atoms with E-state index in [1.54, 1.807) is 12.1 Å². The van der Waals surface area contributed by atoms with Crippen LogP contribution in [0.1, 0.15) is 28.4 Å². The summed E-state index contributed by atoms with van der Waals surface area (Å²) in [5.41, 5.74) is 1.99. The molecule has 0 aliphatic carbocycles. The summed E-state index contributed by atoms with van der Waals surface area (Å²) in [6, 6.07) is 5.36. The Balaban J connectivity index is 3.44. The second-order valence-electron chi connectivity index (χ2n) is 2.82. The van der Waals surface area contributed by atoms with Gasteiger partial charge >= 0.3 is 0 Å². The number of carbonyl (C=O) groups excluding carboxylic acids is 1. The van der Waals surface area contributed by atoms with E-state index in [2.05, 4.69) is 15.9 Å². The number of nitrogens with zero attached hydrogens (tertiary/aromatic N) is 1. The number of hydrogen-bond acceptors (Lipinski definition) is 2. The van der Waals surface area contributed by atoms with E-state index < -0.39 is 0 Å². The molecule has 1 aromatic rings. The summed E-state index contributed by atoms with van der Waals surface area (Å²) in [4.78, 5) is 11.1. The van der Waals surface area contributed by atoms with E-state index in [1.165, 1.54) is 6.92 Å². The first-order valence-corrected chi connectivity index (χ1v) is 4.56. The summed E-state index contributed by atoms with van der Waals surface area (Å²) < 4.78 is 0.777. The Morgan fingerprint density at radius 3 is 2.62 bits per heavy atom. The second-order valence-corrected chi connectivity index (χ2v) is 3.62. The van der Waals surface area contributed by atoms with Gasteiger partial charge in [0.15, 0.2) is 5.78 Å². The molecular weight excluding hydrogens is 230 g/mol. The van der Waals surface area contributed by atoms with Crippen molar-refractivity contribution < 1.29 is 4.79 Å². The lowest BCUT2D eigenvalue weighted by Gasteiger charge is -2.04. The highest BCUT2D eigenvalue weighted by atomic mass is 79.9. The minimum absolute atomic E-state index is 0.0351. The molecule has 1 aromatic carbocycles. The monoisotopic (exact) mass is 237 g/mol. The van der Waals surface area contributed by atoms with Crippen LogP contribution in [0.3, 0.4) is 0 Å². The van der Waals surface area contributed by atoms with Crippen LogP contribution >= 0.6 is 15.9 Å². The lowest BCUT2D eigenvalue weighted by Crippen LogP contribution is -1.96. The molecule has 0 aliphatic rings. The number of carbonyl (C=O) groups is 1. The van der Waals surface area contributed by atoms with E-state index in [-0.39, 0.29) is 5.78 Å². The zero-order valence-corrected chi connectivity index (χ0v) is 8.97. The summed E-state index contributed by atoms with van der Waals surface area (Å²) >= 11 is 3.31. The molecule has 0 saturated heterocycles. The number of ketones is 1. The molecule has 0 unspecified atom stereocenters. The minimum atomic E-state index is -0.0351. The molecule has 0 amide bonds. The molecule has 3 heteroatoms. The van der Waals surface area contributed by atoms with Crippen molar-refractivity contribution in [3.63, 3.8) is 0 Å². The second kappa shape index (κ2) is 3.71. The van der Waals surface area contributed by atoms with Gasteiger partial charge in [-0.15, -0.1) is 0 Å². The van der Waals surface area contributed by atoms with Gasteiger partial charge in [0.2, 0.25) is 0 Å². The van der Waals surface area contributed by atoms with Gasteiger partial charge in [-0.25, -0.2) is 0 Å². The summed E-state index contributed by atoms with van der Waals surface area (Å²) in [6.45, 7) is 3.35. The van der Waals surface area contributed by atoms with Crippen molar-refractivity contribution in [1.82, 2.24) is 0 Å². The van der Waals surface area contributed by atoms with Crippen molar-refractivity contribution >= 4 is 21.7 Å². The van der Waals surface area contributed by atoms with Crippen LogP contribution in [0.4, 0.5) is 0 Å². The van der Waals surface area contributed by atoms with Crippen LogP contribution in [0.5, 0.6) is 0 Å². The molecule has 0 aliphatic heterocycles. The van der Waals surface area contributed by atoms with E-state index >= 15 is 0 Å². The van der Waals surface area contributed by atoms with Gasteiger partial charge in [0.1, 0.15) is 0 Å². The van der Waals surface area contributed by atoms with Gasteiger partial charge in [0.25, 0.3) is 0 Å². The third-order valence-electron chi connectivity index (χ3n) is 1.76. The van der Waals surface area contributed by atoms with Gasteiger partial charge in [-0.1, -0.05) is 0 Å². The van der Waals surface area contributed by atoms with Gasteiger partial charge < -0.3 is 0 Å².